The maximum atomic E-state index is 6.23. The Bertz CT molecular complexity index is 629. The van der Waals surface area contributed by atoms with Gasteiger partial charge in [-0.25, -0.2) is 0 Å². The van der Waals surface area contributed by atoms with Crippen LogP contribution in [0.2, 0.25) is 5.02 Å². The molecule has 1 fully saturated rings. The zero-order valence-electron chi connectivity index (χ0n) is 15.1. The fourth-order valence-corrected chi connectivity index (χ4v) is 3.36. The van der Waals surface area contributed by atoms with E-state index in [9.17, 15) is 0 Å². The van der Waals surface area contributed by atoms with Crippen molar-refractivity contribution >= 4 is 22.5 Å². The van der Waals surface area contributed by atoms with Crippen LogP contribution in [0.25, 0.3) is 10.9 Å². The lowest BCUT2D eigenvalue weighted by molar-refractivity contribution is 0.123. The molecule has 0 saturated heterocycles. The van der Waals surface area contributed by atoms with Crippen LogP contribution in [0.5, 0.6) is 5.75 Å². The molecule has 4 heteroatoms. The number of halogens is 1. The van der Waals surface area contributed by atoms with Crippen molar-refractivity contribution in [2.45, 2.75) is 58.9 Å². The molecule has 1 saturated carbocycles. The smallest absolute Gasteiger partial charge is 0.152 e. The maximum absolute atomic E-state index is 6.23. The van der Waals surface area contributed by atoms with E-state index in [4.69, 9.17) is 16.3 Å². The Kier molecular flexibility index (Phi) is 7.80. The summed E-state index contributed by atoms with van der Waals surface area (Å²) in [6.07, 6.45) is 10.8. The summed E-state index contributed by atoms with van der Waals surface area (Å²) in [4.78, 5) is 6.44. The van der Waals surface area contributed by atoms with Crippen molar-refractivity contribution in [2.75, 3.05) is 13.8 Å². The summed E-state index contributed by atoms with van der Waals surface area (Å²) in [5.41, 5.74) is 1.96. The molecule has 0 bridgehead atoms. The number of aromatic nitrogens is 1. The molecule has 0 unspecified atom stereocenters. The van der Waals surface area contributed by atoms with E-state index in [1.807, 2.05) is 39.1 Å². The molecule has 1 aromatic carbocycles. The third-order valence-electron chi connectivity index (χ3n) is 4.24. The predicted octanol–water partition coefficient (Wildman–Crippen LogP) is 6.04. The zero-order valence-corrected chi connectivity index (χ0v) is 15.9. The second-order valence-corrected chi connectivity index (χ2v) is 6.56. The third kappa shape index (κ3) is 4.84. The molecule has 2 aromatic rings. The fourth-order valence-electron chi connectivity index (χ4n) is 3.08. The molecule has 3 nitrogen and oxygen atoms in total. The molecule has 1 aliphatic carbocycles. The van der Waals surface area contributed by atoms with Crippen LogP contribution in [-0.2, 0) is 6.54 Å². The number of hydrogen-bond acceptors (Lipinski definition) is 3. The Hall–Kier alpha value is -1.32. The van der Waals surface area contributed by atoms with Crippen LogP contribution in [0.3, 0.4) is 0 Å². The van der Waals surface area contributed by atoms with E-state index in [0.717, 1.165) is 33.8 Å². The highest BCUT2D eigenvalue weighted by Gasteiger charge is 2.19. The summed E-state index contributed by atoms with van der Waals surface area (Å²) in [5, 5.41) is 1.69. The molecule has 0 spiro atoms. The standard InChI is InChI=1S/C12H11ClN2O.C6H12.C2H6/c1-15-6-8-5-10(13)9-3-2-4-14-11(9)12(8)16-7-15;1-2-4-6-5-3-1;1-2/h2-5H,6-7H2,1H3;1-6H2;1-2H3. The van der Waals surface area contributed by atoms with Gasteiger partial charge in [-0.3, -0.25) is 9.88 Å². The average Bonchev–Trinajstić information content (AvgIpc) is 2.65. The van der Waals surface area contributed by atoms with Gasteiger partial charge in [-0.05, 0) is 25.2 Å². The Balaban J connectivity index is 0.000000219. The van der Waals surface area contributed by atoms with Crippen LogP contribution < -0.4 is 4.74 Å². The van der Waals surface area contributed by atoms with Gasteiger partial charge in [0.25, 0.3) is 0 Å². The van der Waals surface area contributed by atoms with E-state index in [1.54, 1.807) is 6.20 Å². The first-order chi connectivity index (χ1) is 11.8. The van der Waals surface area contributed by atoms with Gasteiger partial charge >= 0.3 is 0 Å². The van der Waals surface area contributed by atoms with Crippen molar-refractivity contribution in [3.63, 3.8) is 0 Å². The molecule has 0 radical (unpaired) electrons. The monoisotopic (exact) mass is 348 g/mol. The van der Waals surface area contributed by atoms with Crippen molar-refractivity contribution in [3.8, 4) is 5.75 Å². The van der Waals surface area contributed by atoms with Gasteiger partial charge in [0.05, 0.1) is 5.02 Å². The normalized spacial score (nSPS) is 16.8. The molecule has 0 atom stereocenters. The molecule has 4 rings (SSSR count). The lowest BCUT2D eigenvalue weighted by atomic mass is 10.0. The van der Waals surface area contributed by atoms with Gasteiger partial charge in [0.1, 0.15) is 12.2 Å². The number of benzene rings is 1. The number of rotatable bonds is 0. The summed E-state index contributed by atoms with van der Waals surface area (Å²) < 4.78 is 5.71. The summed E-state index contributed by atoms with van der Waals surface area (Å²) in [7, 11) is 2.01. The Morgan fingerprint density at radius 3 is 2.33 bits per heavy atom. The second-order valence-electron chi connectivity index (χ2n) is 6.16. The van der Waals surface area contributed by atoms with Gasteiger partial charge in [0, 0.05) is 23.7 Å². The SMILES string of the molecule is C1CCCCC1.CC.CN1COc2c(cc(Cl)c3cccnc23)C1. The first kappa shape index (κ1) is 19.0. The number of fused-ring (bicyclic) bond motifs is 3. The molecule has 2 heterocycles. The maximum Gasteiger partial charge on any atom is 0.152 e. The molecule has 132 valence electrons. The number of pyridine rings is 1. The quantitative estimate of drug-likeness (QED) is 0.580. The Morgan fingerprint density at radius 2 is 1.71 bits per heavy atom. The topological polar surface area (TPSA) is 25.4 Å². The molecule has 1 aromatic heterocycles. The Labute approximate surface area is 151 Å². The second kappa shape index (κ2) is 9.85. The molecular formula is C20H29ClN2O. The molecule has 1 aliphatic heterocycles. The van der Waals surface area contributed by atoms with Crippen molar-refractivity contribution < 1.29 is 4.74 Å². The zero-order chi connectivity index (χ0) is 17.4. The van der Waals surface area contributed by atoms with Crippen molar-refractivity contribution in [3.05, 3.63) is 35.0 Å². The van der Waals surface area contributed by atoms with Gasteiger partial charge in [-0.15, -0.1) is 0 Å². The van der Waals surface area contributed by atoms with Gasteiger partial charge in [0.2, 0.25) is 0 Å². The lowest BCUT2D eigenvalue weighted by Crippen LogP contribution is -2.28. The van der Waals surface area contributed by atoms with Crippen LogP contribution in [-0.4, -0.2) is 23.7 Å². The number of nitrogens with zero attached hydrogens (tertiary/aromatic N) is 2. The highest BCUT2D eigenvalue weighted by atomic mass is 35.5. The minimum atomic E-state index is 0.598. The molecule has 0 N–H and O–H groups in total. The van der Waals surface area contributed by atoms with Crippen LogP contribution in [0.1, 0.15) is 57.9 Å². The highest BCUT2D eigenvalue weighted by molar-refractivity contribution is 6.35. The van der Waals surface area contributed by atoms with E-state index >= 15 is 0 Å². The summed E-state index contributed by atoms with van der Waals surface area (Å²) in [5.74, 6) is 0.873. The Morgan fingerprint density at radius 1 is 1.08 bits per heavy atom. The van der Waals surface area contributed by atoms with E-state index in [-0.39, 0.29) is 0 Å². The molecule has 24 heavy (non-hydrogen) atoms. The summed E-state index contributed by atoms with van der Waals surface area (Å²) >= 11 is 6.23. The summed E-state index contributed by atoms with van der Waals surface area (Å²) in [6.45, 7) is 5.45. The lowest BCUT2D eigenvalue weighted by Gasteiger charge is -2.26. The largest absolute Gasteiger partial charge is 0.476 e. The number of hydrogen-bond donors (Lipinski definition) is 0. The fraction of sp³-hybridized carbons (Fsp3) is 0.550. The minimum absolute atomic E-state index is 0.598. The number of ether oxygens (including phenoxy) is 1. The van der Waals surface area contributed by atoms with Crippen LogP contribution in [0, 0.1) is 0 Å². The van der Waals surface area contributed by atoms with Crippen molar-refractivity contribution in [2.24, 2.45) is 0 Å². The first-order valence-corrected chi connectivity index (χ1v) is 9.51. The molecule has 2 aliphatic rings. The molecule has 0 amide bonds. The van der Waals surface area contributed by atoms with Crippen molar-refractivity contribution in [1.29, 1.82) is 0 Å². The van der Waals surface area contributed by atoms with Gasteiger partial charge < -0.3 is 4.74 Å². The van der Waals surface area contributed by atoms with E-state index in [0.29, 0.717) is 6.73 Å². The molecular weight excluding hydrogens is 320 g/mol. The minimum Gasteiger partial charge on any atom is -0.476 e. The third-order valence-corrected chi connectivity index (χ3v) is 4.55. The average molecular weight is 349 g/mol. The summed E-state index contributed by atoms with van der Waals surface area (Å²) in [6, 6.07) is 5.82. The highest BCUT2D eigenvalue weighted by Crippen LogP contribution is 2.36. The van der Waals surface area contributed by atoms with Gasteiger partial charge in [-0.2, -0.15) is 0 Å². The van der Waals surface area contributed by atoms with E-state index in [1.165, 1.54) is 38.5 Å². The predicted molar refractivity (Wildman–Crippen MR) is 103 cm³/mol. The van der Waals surface area contributed by atoms with Crippen LogP contribution >= 0.6 is 11.6 Å². The van der Waals surface area contributed by atoms with Gasteiger partial charge in [0.15, 0.2) is 5.75 Å². The van der Waals surface area contributed by atoms with E-state index in [2.05, 4.69) is 9.88 Å². The van der Waals surface area contributed by atoms with E-state index < -0.39 is 0 Å². The van der Waals surface area contributed by atoms with Crippen LogP contribution in [0.15, 0.2) is 24.4 Å². The van der Waals surface area contributed by atoms with Crippen LogP contribution in [0.4, 0.5) is 0 Å². The first-order valence-electron chi connectivity index (χ1n) is 9.13. The van der Waals surface area contributed by atoms with Gasteiger partial charge in [-0.1, -0.05) is 64.0 Å². The van der Waals surface area contributed by atoms with Crippen molar-refractivity contribution in [1.82, 2.24) is 9.88 Å².